The predicted molar refractivity (Wildman–Crippen MR) is 104 cm³/mol. The summed E-state index contributed by atoms with van der Waals surface area (Å²) in [6.45, 7) is 5.61. The Morgan fingerprint density at radius 2 is 1.92 bits per heavy atom. The number of ketones is 2. The minimum atomic E-state index is -0.558. The fourth-order valence-electron chi connectivity index (χ4n) is 4.20. The summed E-state index contributed by atoms with van der Waals surface area (Å²) in [6.07, 6.45) is 2.21. The van der Waals surface area contributed by atoms with Crippen LogP contribution in [0, 0.1) is 25.7 Å². The van der Waals surface area contributed by atoms with Gasteiger partial charge in [-0.3, -0.25) is 9.59 Å². The van der Waals surface area contributed by atoms with Crippen molar-refractivity contribution in [2.24, 2.45) is 11.8 Å². The van der Waals surface area contributed by atoms with Crippen LogP contribution in [0.25, 0.3) is 10.4 Å². The standard InChI is InChI=1S/C22H24O3S/c1-13-3-5-16(6-4-13)20-11-18(14(2)26-20)21-19(23)10-17(22(21)24)9-15-7-8-25-12-15/h3-6,11,15,17,21H,7-10,12H2,1-2H3. The summed E-state index contributed by atoms with van der Waals surface area (Å²) in [5.41, 5.74) is 3.29. The van der Waals surface area contributed by atoms with Gasteiger partial charge >= 0.3 is 0 Å². The molecule has 0 spiro atoms. The number of ether oxygens (including phenoxy) is 1. The molecule has 4 rings (SSSR count). The second-order valence-corrected chi connectivity index (χ2v) is 8.91. The topological polar surface area (TPSA) is 43.4 Å². The van der Waals surface area contributed by atoms with Crippen LogP contribution in [0.3, 0.4) is 0 Å². The minimum absolute atomic E-state index is 0.0928. The average molecular weight is 368 g/mol. The van der Waals surface area contributed by atoms with Crippen LogP contribution >= 0.6 is 11.3 Å². The maximum Gasteiger partial charge on any atom is 0.151 e. The van der Waals surface area contributed by atoms with Crippen molar-refractivity contribution in [1.29, 1.82) is 0 Å². The van der Waals surface area contributed by atoms with Crippen molar-refractivity contribution < 1.29 is 14.3 Å². The van der Waals surface area contributed by atoms with Crippen LogP contribution in [0.2, 0.25) is 0 Å². The lowest BCUT2D eigenvalue weighted by molar-refractivity contribution is -0.125. The maximum atomic E-state index is 13.0. The van der Waals surface area contributed by atoms with Gasteiger partial charge in [-0.15, -0.1) is 11.3 Å². The Balaban J connectivity index is 1.57. The van der Waals surface area contributed by atoms with E-state index >= 15 is 0 Å². The van der Waals surface area contributed by atoms with Crippen molar-refractivity contribution in [1.82, 2.24) is 0 Å². The van der Waals surface area contributed by atoms with Crippen LogP contribution in [0.4, 0.5) is 0 Å². The van der Waals surface area contributed by atoms with E-state index in [4.69, 9.17) is 4.74 Å². The summed E-state index contributed by atoms with van der Waals surface area (Å²) in [5.74, 6) is -0.0326. The summed E-state index contributed by atoms with van der Waals surface area (Å²) >= 11 is 1.67. The van der Waals surface area contributed by atoms with Gasteiger partial charge < -0.3 is 4.74 Å². The quantitative estimate of drug-likeness (QED) is 0.735. The highest BCUT2D eigenvalue weighted by Crippen LogP contribution is 2.42. The molecule has 2 fully saturated rings. The number of Topliss-reactive ketones (excluding diaryl/α,β-unsaturated/α-hetero) is 2. The van der Waals surface area contributed by atoms with Gasteiger partial charge in [-0.05, 0) is 49.8 Å². The first-order chi connectivity index (χ1) is 12.5. The van der Waals surface area contributed by atoms with E-state index in [1.54, 1.807) is 11.3 Å². The minimum Gasteiger partial charge on any atom is -0.381 e. The Hall–Kier alpha value is -1.78. The second-order valence-electron chi connectivity index (χ2n) is 7.66. The van der Waals surface area contributed by atoms with Crippen molar-refractivity contribution in [3.05, 3.63) is 46.3 Å². The zero-order valence-electron chi connectivity index (χ0n) is 15.3. The van der Waals surface area contributed by atoms with Crippen molar-refractivity contribution >= 4 is 22.9 Å². The third kappa shape index (κ3) is 3.28. The van der Waals surface area contributed by atoms with Crippen LogP contribution in [0.5, 0.6) is 0 Å². The molecule has 4 heteroatoms. The van der Waals surface area contributed by atoms with E-state index in [9.17, 15) is 9.59 Å². The Labute approximate surface area is 158 Å². The van der Waals surface area contributed by atoms with Crippen LogP contribution in [0.15, 0.2) is 30.3 Å². The Kier molecular flexibility index (Phi) is 4.80. The first-order valence-electron chi connectivity index (χ1n) is 9.34. The van der Waals surface area contributed by atoms with Gasteiger partial charge in [-0.25, -0.2) is 0 Å². The van der Waals surface area contributed by atoms with E-state index in [-0.39, 0.29) is 17.5 Å². The number of carbonyl (C=O) groups excluding carboxylic acids is 2. The average Bonchev–Trinajstić information content (AvgIpc) is 3.31. The van der Waals surface area contributed by atoms with E-state index in [1.807, 2.05) is 6.92 Å². The highest BCUT2D eigenvalue weighted by Gasteiger charge is 2.43. The van der Waals surface area contributed by atoms with E-state index in [2.05, 4.69) is 37.3 Å². The zero-order chi connectivity index (χ0) is 18.3. The van der Waals surface area contributed by atoms with Gasteiger partial charge in [-0.2, -0.15) is 0 Å². The number of thiophene rings is 1. The number of hydrogen-bond donors (Lipinski definition) is 0. The van der Waals surface area contributed by atoms with Crippen LogP contribution < -0.4 is 0 Å². The number of rotatable bonds is 4. The van der Waals surface area contributed by atoms with Crippen LogP contribution in [-0.2, 0) is 14.3 Å². The fraction of sp³-hybridized carbons (Fsp3) is 0.455. The summed E-state index contributed by atoms with van der Waals surface area (Å²) in [4.78, 5) is 27.9. The first-order valence-corrected chi connectivity index (χ1v) is 10.2. The molecule has 1 aromatic heterocycles. The predicted octanol–water partition coefficient (Wildman–Crippen LogP) is 4.70. The lowest BCUT2D eigenvalue weighted by atomic mass is 9.89. The maximum absolute atomic E-state index is 13.0. The third-order valence-electron chi connectivity index (χ3n) is 5.70. The largest absolute Gasteiger partial charge is 0.381 e. The smallest absolute Gasteiger partial charge is 0.151 e. The summed E-state index contributed by atoms with van der Waals surface area (Å²) in [6, 6.07) is 10.5. The molecule has 1 saturated heterocycles. The highest BCUT2D eigenvalue weighted by molar-refractivity contribution is 7.15. The molecule has 0 radical (unpaired) electrons. The highest BCUT2D eigenvalue weighted by atomic mass is 32.1. The number of aryl methyl sites for hydroxylation is 2. The van der Waals surface area contributed by atoms with Crippen LogP contribution in [0.1, 0.15) is 41.2 Å². The lowest BCUT2D eigenvalue weighted by Crippen LogP contribution is -2.17. The number of benzene rings is 1. The van der Waals surface area contributed by atoms with Gasteiger partial charge in [0.2, 0.25) is 0 Å². The van der Waals surface area contributed by atoms with Gasteiger partial charge in [0, 0.05) is 35.3 Å². The Morgan fingerprint density at radius 3 is 2.62 bits per heavy atom. The molecule has 1 aromatic carbocycles. The van der Waals surface area contributed by atoms with E-state index in [1.165, 1.54) is 5.56 Å². The van der Waals surface area contributed by atoms with Gasteiger partial charge in [-0.1, -0.05) is 29.8 Å². The normalized spacial score (nSPS) is 26.0. The molecule has 1 aliphatic carbocycles. The van der Waals surface area contributed by atoms with Crippen LogP contribution in [-0.4, -0.2) is 24.8 Å². The molecule has 3 unspecified atom stereocenters. The van der Waals surface area contributed by atoms with Gasteiger partial charge in [0.1, 0.15) is 11.7 Å². The molecule has 1 aliphatic heterocycles. The number of carbonyl (C=O) groups is 2. The summed E-state index contributed by atoms with van der Waals surface area (Å²) in [5, 5.41) is 0. The lowest BCUT2D eigenvalue weighted by Gasteiger charge is -2.13. The molecule has 3 nitrogen and oxygen atoms in total. The molecular weight excluding hydrogens is 344 g/mol. The molecule has 3 atom stereocenters. The van der Waals surface area contributed by atoms with Gasteiger partial charge in [0.25, 0.3) is 0 Å². The molecule has 2 aromatic rings. The number of hydrogen-bond acceptors (Lipinski definition) is 4. The molecule has 136 valence electrons. The monoisotopic (exact) mass is 368 g/mol. The molecular formula is C22H24O3S. The molecule has 26 heavy (non-hydrogen) atoms. The van der Waals surface area contributed by atoms with E-state index in [0.29, 0.717) is 12.3 Å². The Bertz CT molecular complexity index is 828. The van der Waals surface area contributed by atoms with E-state index < -0.39 is 5.92 Å². The SMILES string of the molecule is Cc1ccc(-c2cc(C3C(=O)CC(CC4CCOC4)C3=O)c(C)s2)cc1. The van der Waals surface area contributed by atoms with Gasteiger partial charge in [0.05, 0.1) is 0 Å². The van der Waals surface area contributed by atoms with Crippen molar-refractivity contribution in [2.45, 2.75) is 39.0 Å². The molecule has 0 bridgehead atoms. The summed E-state index contributed by atoms with van der Waals surface area (Å²) < 4.78 is 5.43. The van der Waals surface area contributed by atoms with E-state index in [0.717, 1.165) is 46.9 Å². The summed E-state index contributed by atoms with van der Waals surface area (Å²) in [7, 11) is 0. The zero-order valence-corrected chi connectivity index (χ0v) is 16.1. The fourth-order valence-corrected chi connectivity index (χ4v) is 5.26. The van der Waals surface area contributed by atoms with Crippen molar-refractivity contribution in [2.75, 3.05) is 13.2 Å². The molecule has 0 N–H and O–H groups in total. The molecule has 2 heterocycles. The first kappa shape index (κ1) is 17.6. The third-order valence-corrected chi connectivity index (χ3v) is 6.82. The molecule has 1 saturated carbocycles. The molecule has 0 amide bonds. The van der Waals surface area contributed by atoms with Crippen molar-refractivity contribution in [3.8, 4) is 10.4 Å². The second kappa shape index (κ2) is 7.09. The van der Waals surface area contributed by atoms with Crippen molar-refractivity contribution in [3.63, 3.8) is 0 Å². The molecule has 2 aliphatic rings. The Morgan fingerprint density at radius 1 is 1.15 bits per heavy atom. The van der Waals surface area contributed by atoms with Gasteiger partial charge in [0.15, 0.2) is 5.78 Å².